The number of aromatic nitrogens is 2. The molecule has 0 atom stereocenters. The summed E-state index contributed by atoms with van der Waals surface area (Å²) in [7, 11) is 0. The van der Waals surface area contributed by atoms with Gasteiger partial charge in [-0.25, -0.2) is 4.98 Å². The molecule has 0 unspecified atom stereocenters. The summed E-state index contributed by atoms with van der Waals surface area (Å²) >= 11 is 0. The smallest absolute Gasteiger partial charge is 0.255 e. The first kappa shape index (κ1) is 24.1. The van der Waals surface area contributed by atoms with Gasteiger partial charge in [0.15, 0.2) is 5.65 Å². The van der Waals surface area contributed by atoms with Gasteiger partial charge in [0, 0.05) is 30.4 Å². The summed E-state index contributed by atoms with van der Waals surface area (Å²) in [6.07, 6.45) is 5.70. The first-order valence-corrected chi connectivity index (χ1v) is 12.9. The number of pyridine rings is 1. The summed E-state index contributed by atoms with van der Waals surface area (Å²) in [4.78, 5) is 18.4. The molecule has 2 aromatic heterocycles. The lowest BCUT2D eigenvalue weighted by Crippen LogP contribution is -2.40. The number of imidazole rings is 1. The van der Waals surface area contributed by atoms with Crippen LogP contribution in [-0.4, -0.2) is 27.4 Å². The van der Waals surface area contributed by atoms with Gasteiger partial charge in [-0.15, -0.1) is 0 Å². The predicted octanol–water partition coefficient (Wildman–Crippen LogP) is 5.74. The van der Waals surface area contributed by atoms with Crippen LogP contribution in [0.1, 0.15) is 66.9 Å². The molecule has 0 radical (unpaired) electrons. The molecule has 0 aliphatic heterocycles. The Labute approximate surface area is 212 Å². The summed E-state index contributed by atoms with van der Waals surface area (Å²) in [5.41, 5.74) is 11.6. The number of fused-ring (bicyclic) bond motifs is 1. The maximum absolute atomic E-state index is 13.3. The minimum absolute atomic E-state index is 0.0811. The van der Waals surface area contributed by atoms with Gasteiger partial charge >= 0.3 is 0 Å². The molecule has 1 aliphatic carbocycles. The number of anilines is 1. The molecule has 0 saturated heterocycles. The van der Waals surface area contributed by atoms with E-state index in [-0.39, 0.29) is 18.0 Å². The number of nitrogens with one attached hydrogen (secondary N) is 2. The zero-order valence-electron chi connectivity index (χ0n) is 21.1. The summed E-state index contributed by atoms with van der Waals surface area (Å²) in [6, 6.07) is 23.0. The molecule has 5 rings (SSSR count). The molecule has 0 spiro atoms. The van der Waals surface area contributed by atoms with Crippen molar-refractivity contribution in [3.05, 3.63) is 89.6 Å². The van der Waals surface area contributed by atoms with Gasteiger partial charge in [-0.05, 0) is 54.9 Å². The second-order valence-corrected chi connectivity index (χ2v) is 10.1. The molecule has 4 N–H and O–H groups in total. The quantitative estimate of drug-likeness (QED) is 0.314. The van der Waals surface area contributed by atoms with Gasteiger partial charge in [0.25, 0.3) is 5.91 Å². The fourth-order valence-electron chi connectivity index (χ4n) is 4.95. The van der Waals surface area contributed by atoms with Crippen LogP contribution >= 0.6 is 0 Å². The Kier molecular flexibility index (Phi) is 7.05. The molecule has 2 aromatic carbocycles. The summed E-state index contributed by atoms with van der Waals surface area (Å²) in [6.45, 7) is 5.04. The summed E-state index contributed by atoms with van der Waals surface area (Å²) < 4.78 is 2.00. The van der Waals surface area contributed by atoms with E-state index < -0.39 is 0 Å². The summed E-state index contributed by atoms with van der Waals surface area (Å²) in [5, 5.41) is 6.82. The average molecular weight is 482 g/mol. The molecule has 6 nitrogen and oxygen atoms in total. The standard InChI is InChI=1S/C30H35N5O/c1-20(2)22-10-12-23(13-11-22)27-29(32-19-21-7-4-3-5-8-21)35-18-6-9-26(28(35)34-27)30(36)33-25-16-14-24(31)15-17-25/h3-13,18,20,24-25,32H,14-17,19,31H2,1-2H3,(H,33,36). The number of nitrogens with zero attached hydrogens (tertiary/aromatic N) is 2. The normalized spacial score (nSPS) is 17.9. The highest BCUT2D eigenvalue weighted by Gasteiger charge is 2.23. The maximum Gasteiger partial charge on any atom is 0.255 e. The average Bonchev–Trinajstić information content (AvgIpc) is 3.28. The Morgan fingerprint density at radius 1 is 1.00 bits per heavy atom. The van der Waals surface area contributed by atoms with Crippen LogP contribution < -0.4 is 16.4 Å². The Balaban J connectivity index is 1.51. The van der Waals surface area contributed by atoms with E-state index in [0.29, 0.717) is 23.7 Å². The molecule has 186 valence electrons. The summed E-state index contributed by atoms with van der Waals surface area (Å²) in [5.74, 6) is 1.26. The van der Waals surface area contributed by atoms with Gasteiger partial charge in [-0.1, -0.05) is 68.4 Å². The van der Waals surface area contributed by atoms with Gasteiger partial charge in [0.05, 0.1) is 5.56 Å². The van der Waals surface area contributed by atoms with Crippen LogP contribution in [0.4, 0.5) is 5.82 Å². The van der Waals surface area contributed by atoms with Crippen LogP contribution in [0.3, 0.4) is 0 Å². The minimum atomic E-state index is -0.0811. The third kappa shape index (κ3) is 5.14. The Morgan fingerprint density at radius 2 is 1.72 bits per heavy atom. The number of carbonyl (C=O) groups excluding carboxylic acids is 1. The lowest BCUT2D eigenvalue weighted by Gasteiger charge is -2.26. The Hall–Kier alpha value is -3.64. The van der Waals surface area contributed by atoms with Crippen molar-refractivity contribution in [2.45, 2.75) is 64.1 Å². The second kappa shape index (κ2) is 10.5. The van der Waals surface area contributed by atoms with Crippen LogP contribution in [0, 0.1) is 0 Å². The third-order valence-electron chi connectivity index (χ3n) is 7.16. The molecule has 36 heavy (non-hydrogen) atoms. The monoisotopic (exact) mass is 481 g/mol. The zero-order chi connectivity index (χ0) is 25.1. The van der Waals surface area contributed by atoms with Crippen molar-refractivity contribution in [1.82, 2.24) is 14.7 Å². The number of hydrogen-bond donors (Lipinski definition) is 3. The molecule has 1 fully saturated rings. The van der Waals surface area contributed by atoms with Gasteiger partial charge in [0.2, 0.25) is 0 Å². The number of amides is 1. The third-order valence-corrected chi connectivity index (χ3v) is 7.16. The van der Waals surface area contributed by atoms with E-state index in [4.69, 9.17) is 10.7 Å². The predicted molar refractivity (Wildman–Crippen MR) is 146 cm³/mol. The highest BCUT2D eigenvalue weighted by molar-refractivity contribution is 6.01. The van der Waals surface area contributed by atoms with Crippen molar-refractivity contribution in [3.63, 3.8) is 0 Å². The molecular weight excluding hydrogens is 446 g/mol. The van der Waals surface area contributed by atoms with Crippen LogP contribution in [-0.2, 0) is 6.54 Å². The number of nitrogens with two attached hydrogens (primary N) is 1. The Bertz CT molecular complexity index is 1320. The van der Waals surface area contributed by atoms with Crippen molar-refractivity contribution >= 4 is 17.4 Å². The van der Waals surface area contributed by atoms with Crippen LogP contribution in [0.5, 0.6) is 0 Å². The molecule has 6 heteroatoms. The maximum atomic E-state index is 13.3. The number of rotatable bonds is 7. The van der Waals surface area contributed by atoms with Crippen LogP contribution in [0.15, 0.2) is 72.9 Å². The minimum Gasteiger partial charge on any atom is -0.365 e. The number of carbonyl (C=O) groups is 1. The van der Waals surface area contributed by atoms with Gasteiger partial charge in [0.1, 0.15) is 11.5 Å². The second-order valence-electron chi connectivity index (χ2n) is 10.1. The van der Waals surface area contributed by atoms with Gasteiger partial charge in [-0.2, -0.15) is 0 Å². The molecule has 4 aromatic rings. The van der Waals surface area contributed by atoms with Crippen molar-refractivity contribution in [2.75, 3.05) is 5.32 Å². The molecule has 2 heterocycles. The largest absolute Gasteiger partial charge is 0.365 e. The zero-order valence-corrected chi connectivity index (χ0v) is 21.1. The first-order valence-electron chi connectivity index (χ1n) is 12.9. The van der Waals surface area contributed by atoms with Crippen LogP contribution in [0.2, 0.25) is 0 Å². The van der Waals surface area contributed by atoms with Crippen molar-refractivity contribution in [3.8, 4) is 11.3 Å². The van der Waals surface area contributed by atoms with Crippen molar-refractivity contribution < 1.29 is 4.79 Å². The van der Waals surface area contributed by atoms with E-state index in [2.05, 4.69) is 60.9 Å². The van der Waals surface area contributed by atoms with Crippen molar-refractivity contribution in [2.24, 2.45) is 5.73 Å². The first-order chi connectivity index (χ1) is 17.5. The molecule has 1 aliphatic rings. The van der Waals surface area contributed by atoms with E-state index in [9.17, 15) is 4.79 Å². The van der Waals surface area contributed by atoms with E-state index >= 15 is 0 Å². The van der Waals surface area contributed by atoms with E-state index in [1.807, 2.05) is 40.9 Å². The fraction of sp³-hybridized carbons (Fsp3) is 0.333. The SMILES string of the molecule is CC(C)c1ccc(-c2nc3c(C(=O)NC4CCC(N)CC4)cccn3c2NCc2ccccc2)cc1. The lowest BCUT2D eigenvalue weighted by molar-refractivity contribution is 0.0927. The number of hydrogen-bond acceptors (Lipinski definition) is 4. The molecule has 0 bridgehead atoms. The lowest BCUT2D eigenvalue weighted by atomic mass is 9.91. The highest BCUT2D eigenvalue weighted by Crippen LogP contribution is 2.31. The van der Waals surface area contributed by atoms with Gasteiger partial charge < -0.3 is 16.4 Å². The fourth-order valence-corrected chi connectivity index (χ4v) is 4.95. The van der Waals surface area contributed by atoms with Crippen molar-refractivity contribution in [1.29, 1.82) is 0 Å². The molecule has 1 amide bonds. The number of benzene rings is 2. The molecule has 1 saturated carbocycles. The van der Waals surface area contributed by atoms with Crippen LogP contribution in [0.25, 0.3) is 16.9 Å². The van der Waals surface area contributed by atoms with Gasteiger partial charge in [-0.3, -0.25) is 9.20 Å². The van der Waals surface area contributed by atoms with E-state index in [0.717, 1.165) is 42.8 Å². The highest BCUT2D eigenvalue weighted by atomic mass is 16.1. The van der Waals surface area contributed by atoms with E-state index in [1.54, 1.807) is 0 Å². The Morgan fingerprint density at radius 3 is 2.42 bits per heavy atom. The topological polar surface area (TPSA) is 84.5 Å². The van der Waals surface area contributed by atoms with E-state index in [1.165, 1.54) is 11.1 Å². The molecular formula is C30H35N5O.